The predicted octanol–water partition coefficient (Wildman–Crippen LogP) is 24.2. The van der Waals surface area contributed by atoms with Crippen LogP contribution in [0.2, 0.25) is 0 Å². The average molecular weight is 1230 g/mol. The van der Waals surface area contributed by atoms with E-state index in [1.54, 1.807) is 0 Å². The molecule has 0 unspecified atom stereocenters. The Hall–Kier alpha value is -13.2. The Morgan fingerprint density at radius 3 is 0.866 bits per heavy atom. The molecule has 0 amide bonds. The number of hydrogen-bond donors (Lipinski definition) is 0. The summed E-state index contributed by atoms with van der Waals surface area (Å²) in [5, 5.41) is 24.3. The molecule has 0 fully saturated rings. The first-order valence-electron chi connectivity index (χ1n) is 33.1. The average Bonchev–Trinajstić information content (AvgIpc) is 1.58. The molecule has 0 aliphatic heterocycles. The lowest BCUT2D eigenvalue weighted by Gasteiger charge is -2.29. The first-order chi connectivity index (χ1) is 48.2. The van der Waals surface area contributed by atoms with Crippen LogP contribution in [-0.4, -0.2) is 18.3 Å². The third-order valence-corrected chi connectivity index (χ3v) is 20.2. The fraction of sp³-hybridized carbons (Fsp3) is 0. The molecule has 15 aromatic carbocycles. The number of hydrogen-bond acceptors (Lipinski definition) is 2. The number of nitrogens with zero attached hydrogens (tertiary/aromatic N) is 5. The van der Waals surface area contributed by atoms with Crippen molar-refractivity contribution in [2.24, 2.45) is 0 Å². The van der Waals surface area contributed by atoms with Gasteiger partial charge in [0.15, 0.2) is 0 Å². The lowest BCUT2D eigenvalue weighted by atomic mass is 9.92. The zero-order chi connectivity index (χ0) is 63.8. The highest BCUT2D eigenvalue weighted by molar-refractivity contribution is 6.23. The number of fused-ring (bicyclic) bond motifs is 15. The fourth-order valence-corrected chi connectivity index (χ4v) is 16.3. The molecule has 450 valence electrons. The van der Waals surface area contributed by atoms with Crippen molar-refractivity contribution < 1.29 is 4.42 Å². The third-order valence-electron chi connectivity index (χ3n) is 20.2. The molecular weight excluding hydrogens is 1180 g/mol. The quantitative estimate of drug-likeness (QED) is 0.145. The highest BCUT2D eigenvalue weighted by atomic mass is 16.3. The zero-order valence-electron chi connectivity index (χ0n) is 52.4. The van der Waals surface area contributed by atoms with E-state index < -0.39 is 0 Å². The topological polar surface area (TPSA) is 56.6 Å². The van der Waals surface area contributed by atoms with E-state index in [0.717, 1.165) is 188 Å². The summed E-state index contributed by atoms with van der Waals surface area (Å²) in [6, 6.07) is 123. The molecule has 0 spiro atoms. The number of para-hydroxylation sites is 5. The van der Waals surface area contributed by atoms with Gasteiger partial charge in [-0.3, -0.25) is 0 Å². The summed E-state index contributed by atoms with van der Waals surface area (Å²) in [7, 11) is 0. The first-order valence-corrected chi connectivity index (χ1v) is 33.1. The second-order valence-corrected chi connectivity index (χ2v) is 25.2. The zero-order valence-corrected chi connectivity index (χ0v) is 52.4. The van der Waals surface area contributed by atoms with Gasteiger partial charge in [-0.05, 0) is 117 Å². The Balaban J connectivity index is 1.11. The van der Waals surface area contributed by atoms with Gasteiger partial charge in [0.05, 0.1) is 66.9 Å². The summed E-state index contributed by atoms with van der Waals surface area (Å²) < 4.78 is 17.0. The van der Waals surface area contributed by atoms with E-state index in [1.807, 2.05) is 6.07 Å². The van der Waals surface area contributed by atoms with Gasteiger partial charge in [-0.25, -0.2) is 0 Å². The van der Waals surface area contributed by atoms with Crippen molar-refractivity contribution in [3.63, 3.8) is 0 Å². The van der Waals surface area contributed by atoms with E-state index >= 15 is 0 Å². The molecule has 0 atom stereocenters. The van der Waals surface area contributed by atoms with E-state index in [1.165, 1.54) is 0 Å². The molecule has 0 saturated heterocycles. The van der Waals surface area contributed by atoms with Crippen molar-refractivity contribution in [2.75, 3.05) is 0 Å². The molecule has 20 rings (SSSR count). The van der Waals surface area contributed by atoms with Gasteiger partial charge in [0.1, 0.15) is 22.8 Å². The summed E-state index contributed by atoms with van der Waals surface area (Å²) >= 11 is 0. The monoisotopic (exact) mass is 1230 g/mol. The van der Waals surface area contributed by atoms with Gasteiger partial charge < -0.3 is 22.7 Å². The summed E-state index contributed by atoms with van der Waals surface area (Å²) in [6.45, 7) is 0. The van der Waals surface area contributed by atoms with E-state index in [-0.39, 0.29) is 0 Å². The van der Waals surface area contributed by atoms with Crippen LogP contribution >= 0.6 is 0 Å². The second-order valence-electron chi connectivity index (χ2n) is 25.2. The summed E-state index contributed by atoms with van der Waals surface area (Å²) in [5.41, 5.74) is 23.5. The SMILES string of the molecule is N#Cc1c(-n2c3ccccc3c3c(-c4ccccc4)cccc32)c(-n2c3ccccc3c3c(-c4ccccc4)cccc32)c(-c2ccc3c(c2)oc2ccccc23)c(-n2c3ccccc3c3c(-c4ccccc4)cccc32)c1-n1c2ccccc2c2c(-c3ccccc3)cccc21. The summed E-state index contributed by atoms with van der Waals surface area (Å²) in [6.07, 6.45) is 0. The Bertz CT molecular complexity index is 6340. The van der Waals surface area contributed by atoms with E-state index in [4.69, 9.17) is 4.42 Å². The highest BCUT2D eigenvalue weighted by Crippen LogP contribution is 2.54. The minimum Gasteiger partial charge on any atom is -0.456 e. The maximum absolute atomic E-state index is 13.6. The van der Waals surface area contributed by atoms with Gasteiger partial charge in [0, 0.05) is 59.4 Å². The molecule has 5 heterocycles. The van der Waals surface area contributed by atoms with Gasteiger partial charge in [-0.15, -0.1) is 0 Å². The van der Waals surface area contributed by atoms with Gasteiger partial charge >= 0.3 is 0 Å². The first kappa shape index (κ1) is 54.4. The minimum absolute atomic E-state index is 0.481. The van der Waals surface area contributed by atoms with Gasteiger partial charge in [-0.1, -0.05) is 267 Å². The molecule has 0 aliphatic carbocycles. The van der Waals surface area contributed by atoms with E-state index in [2.05, 4.69) is 352 Å². The summed E-state index contributed by atoms with van der Waals surface area (Å²) in [5.74, 6) is 0. The summed E-state index contributed by atoms with van der Waals surface area (Å²) in [4.78, 5) is 0. The number of rotatable bonds is 9. The molecule has 97 heavy (non-hydrogen) atoms. The fourth-order valence-electron chi connectivity index (χ4n) is 16.3. The molecule has 5 aromatic heterocycles. The molecule has 0 radical (unpaired) electrons. The van der Waals surface area contributed by atoms with Crippen molar-refractivity contribution in [1.29, 1.82) is 5.26 Å². The van der Waals surface area contributed by atoms with Crippen LogP contribution in [0.5, 0.6) is 0 Å². The van der Waals surface area contributed by atoms with Crippen molar-refractivity contribution >= 4 is 109 Å². The molecule has 0 bridgehead atoms. The molecule has 0 saturated carbocycles. The number of aromatic nitrogens is 4. The lowest BCUT2D eigenvalue weighted by Crippen LogP contribution is -2.16. The Morgan fingerprint density at radius 2 is 0.515 bits per heavy atom. The van der Waals surface area contributed by atoms with Crippen LogP contribution < -0.4 is 0 Å². The van der Waals surface area contributed by atoms with Gasteiger partial charge in [0.2, 0.25) is 0 Å². The van der Waals surface area contributed by atoms with Crippen molar-refractivity contribution in [1.82, 2.24) is 18.3 Å². The largest absolute Gasteiger partial charge is 0.456 e. The maximum atomic E-state index is 13.6. The molecule has 0 N–H and O–H groups in total. The molecule has 6 nitrogen and oxygen atoms in total. The van der Waals surface area contributed by atoms with Crippen LogP contribution in [0.3, 0.4) is 0 Å². The van der Waals surface area contributed by atoms with Crippen LogP contribution in [0.25, 0.3) is 188 Å². The van der Waals surface area contributed by atoms with Crippen LogP contribution in [0, 0.1) is 11.3 Å². The normalized spacial score (nSPS) is 11.9. The number of nitriles is 1. The van der Waals surface area contributed by atoms with Crippen molar-refractivity contribution in [3.05, 3.63) is 339 Å². The Labute approximate surface area is 557 Å². The molecule has 6 heteroatoms. The smallest absolute Gasteiger partial charge is 0.136 e. The number of furan rings is 1. The molecule has 0 aliphatic rings. The second kappa shape index (κ2) is 21.4. The molecule has 20 aromatic rings. The van der Waals surface area contributed by atoms with E-state index in [9.17, 15) is 5.26 Å². The van der Waals surface area contributed by atoms with Crippen LogP contribution in [-0.2, 0) is 0 Å². The van der Waals surface area contributed by atoms with Crippen LogP contribution in [0.4, 0.5) is 0 Å². The van der Waals surface area contributed by atoms with Crippen LogP contribution in [0.1, 0.15) is 5.56 Å². The van der Waals surface area contributed by atoms with Crippen molar-refractivity contribution in [2.45, 2.75) is 0 Å². The lowest BCUT2D eigenvalue weighted by molar-refractivity contribution is 0.669. The molecular formula is C91H55N5O. The Kier molecular flexibility index (Phi) is 12.0. The Morgan fingerprint density at radius 1 is 0.227 bits per heavy atom. The number of benzene rings is 15. The maximum Gasteiger partial charge on any atom is 0.136 e. The van der Waals surface area contributed by atoms with E-state index in [0.29, 0.717) is 5.56 Å². The predicted molar refractivity (Wildman–Crippen MR) is 403 cm³/mol. The highest BCUT2D eigenvalue weighted by Gasteiger charge is 2.36. The van der Waals surface area contributed by atoms with Gasteiger partial charge in [-0.2, -0.15) is 5.26 Å². The van der Waals surface area contributed by atoms with Crippen LogP contribution in [0.15, 0.2) is 338 Å². The standard InChI is InChI=1S/C91H55N5O/c92-56-72-88(93-73-44-18-13-36-68(73)84-62(40-23-48-77(84)93)57-27-5-1-6-28-57)90(95-75-46-20-15-38-70(75)86-64(42-25-50-79(86)95)59-31-9-3-10-32-59)83(61-53-54-67-66-35-17-22-52-81(66)97-82(67)55-61)91(96-76-47-21-16-39-71(76)87-65(43-26-51-80(87)96)60-33-11-4-12-34-60)89(72)94-74-45-19-14-37-69(74)85-63(41-24-49-78(85)94)58-29-7-2-8-30-58/h1-55H. The third kappa shape index (κ3) is 7.95. The van der Waals surface area contributed by atoms with Gasteiger partial charge in [0.25, 0.3) is 0 Å². The van der Waals surface area contributed by atoms with Crippen molar-refractivity contribution in [3.8, 4) is 84.5 Å². The minimum atomic E-state index is 0.481.